The van der Waals surface area contributed by atoms with Gasteiger partial charge >= 0.3 is 0 Å². The fourth-order valence-corrected chi connectivity index (χ4v) is 2.49. The van der Waals surface area contributed by atoms with Gasteiger partial charge in [-0.05, 0) is 42.5 Å². The quantitative estimate of drug-likeness (QED) is 0.833. The maximum atomic E-state index is 3.55. The summed E-state index contributed by atoms with van der Waals surface area (Å²) in [4.78, 5) is 2.32. The lowest BCUT2D eigenvalue weighted by Gasteiger charge is -2.19. The lowest BCUT2D eigenvalue weighted by atomic mass is 10.1. The summed E-state index contributed by atoms with van der Waals surface area (Å²) in [6.45, 7) is 2.04. The minimum atomic E-state index is 0.776. The van der Waals surface area contributed by atoms with E-state index < -0.39 is 0 Å². The molecule has 1 aliphatic carbocycles. The monoisotopic (exact) mass is 280 g/mol. The molecule has 0 radical (unpaired) electrons. The van der Waals surface area contributed by atoms with Crippen molar-refractivity contribution in [3.63, 3.8) is 0 Å². The summed E-state index contributed by atoms with van der Waals surface area (Å²) >= 11 is 0. The summed E-state index contributed by atoms with van der Waals surface area (Å²) in [7, 11) is 2.17. The molecule has 0 atom stereocenters. The summed E-state index contributed by atoms with van der Waals surface area (Å²) in [6, 6.07) is 20.4. The number of hydrogen-bond donors (Lipinski definition) is 1. The number of rotatable bonds is 7. The van der Waals surface area contributed by atoms with Crippen molar-refractivity contribution >= 4 is 5.69 Å². The Bertz CT molecular complexity index is 544. The van der Waals surface area contributed by atoms with E-state index in [0.29, 0.717) is 0 Å². The van der Waals surface area contributed by atoms with Crippen LogP contribution in [0, 0.1) is 0 Å². The Morgan fingerprint density at radius 3 is 2.33 bits per heavy atom. The van der Waals surface area contributed by atoms with Crippen LogP contribution >= 0.6 is 0 Å². The molecular weight excluding hydrogens is 256 g/mol. The molecule has 3 rings (SSSR count). The minimum Gasteiger partial charge on any atom is -0.374 e. The van der Waals surface area contributed by atoms with Crippen molar-refractivity contribution < 1.29 is 0 Å². The zero-order valence-corrected chi connectivity index (χ0v) is 12.8. The molecular formula is C19H24N2. The van der Waals surface area contributed by atoms with Gasteiger partial charge in [0.25, 0.3) is 0 Å². The van der Waals surface area contributed by atoms with Gasteiger partial charge in [-0.3, -0.25) is 0 Å². The maximum Gasteiger partial charge on any atom is 0.0363 e. The Kier molecular flexibility index (Phi) is 4.56. The Labute approximate surface area is 127 Å². The van der Waals surface area contributed by atoms with Crippen molar-refractivity contribution in [3.05, 3.63) is 65.7 Å². The van der Waals surface area contributed by atoms with Crippen LogP contribution in [0.1, 0.15) is 24.0 Å². The predicted octanol–water partition coefficient (Wildman–Crippen LogP) is 3.62. The van der Waals surface area contributed by atoms with E-state index in [4.69, 9.17) is 0 Å². The third-order valence-electron chi connectivity index (χ3n) is 4.13. The second kappa shape index (κ2) is 6.77. The average Bonchev–Trinajstić information content (AvgIpc) is 3.36. The molecule has 0 aromatic heterocycles. The van der Waals surface area contributed by atoms with Gasteiger partial charge in [0.2, 0.25) is 0 Å². The van der Waals surface area contributed by atoms with Crippen LogP contribution in [0.3, 0.4) is 0 Å². The highest BCUT2D eigenvalue weighted by molar-refractivity contribution is 5.47. The molecule has 2 aromatic rings. The molecule has 0 saturated heterocycles. The number of benzene rings is 2. The van der Waals surface area contributed by atoms with Gasteiger partial charge in [0.1, 0.15) is 0 Å². The van der Waals surface area contributed by atoms with E-state index in [1.807, 2.05) is 0 Å². The highest BCUT2D eigenvalue weighted by atomic mass is 15.1. The summed E-state index contributed by atoms with van der Waals surface area (Å²) in [5.74, 6) is 0. The number of likely N-dealkylation sites (N-methyl/N-ethyl adjacent to an activating group) is 1. The number of nitrogens with zero attached hydrogens (tertiary/aromatic N) is 1. The van der Waals surface area contributed by atoms with Gasteiger partial charge in [-0.15, -0.1) is 0 Å². The molecule has 0 bridgehead atoms. The van der Waals surface area contributed by atoms with Crippen LogP contribution in [-0.4, -0.2) is 19.6 Å². The van der Waals surface area contributed by atoms with Crippen molar-refractivity contribution in [1.29, 1.82) is 0 Å². The van der Waals surface area contributed by atoms with Gasteiger partial charge in [0.15, 0.2) is 0 Å². The molecule has 21 heavy (non-hydrogen) atoms. The molecule has 0 aliphatic heterocycles. The van der Waals surface area contributed by atoms with E-state index in [2.05, 4.69) is 71.9 Å². The fraction of sp³-hybridized carbons (Fsp3) is 0.368. The van der Waals surface area contributed by atoms with Crippen molar-refractivity contribution in [1.82, 2.24) is 5.32 Å². The topological polar surface area (TPSA) is 15.3 Å². The van der Waals surface area contributed by atoms with Crippen LogP contribution in [0.25, 0.3) is 0 Å². The standard InChI is InChI=1S/C19H24N2/c1-21(14-13-16-5-3-2-4-6-16)19-11-7-17(8-12-19)15-20-18-9-10-18/h2-8,11-12,18,20H,9-10,13-15H2,1H3. The highest BCUT2D eigenvalue weighted by Gasteiger charge is 2.19. The number of nitrogens with one attached hydrogen (secondary N) is 1. The van der Waals surface area contributed by atoms with Crippen molar-refractivity contribution in [2.24, 2.45) is 0 Å². The molecule has 0 spiro atoms. The average molecular weight is 280 g/mol. The largest absolute Gasteiger partial charge is 0.374 e. The van der Waals surface area contributed by atoms with E-state index in [1.54, 1.807) is 0 Å². The smallest absolute Gasteiger partial charge is 0.0363 e. The third-order valence-corrected chi connectivity index (χ3v) is 4.13. The highest BCUT2D eigenvalue weighted by Crippen LogP contribution is 2.20. The van der Waals surface area contributed by atoms with Crippen LogP contribution in [0.15, 0.2) is 54.6 Å². The first-order valence-electron chi connectivity index (χ1n) is 7.88. The first-order chi connectivity index (χ1) is 10.3. The van der Waals surface area contributed by atoms with Crippen molar-refractivity contribution in [3.8, 4) is 0 Å². The van der Waals surface area contributed by atoms with E-state index in [0.717, 1.165) is 25.6 Å². The lowest BCUT2D eigenvalue weighted by molar-refractivity contribution is 0.688. The fourth-order valence-electron chi connectivity index (χ4n) is 2.49. The molecule has 2 aromatic carbocycles. The van der Waals surface area contributed by atoms with E-state index in [9.17, 15) is 0 Å². The van der Waals surface area contributed by atoms with Gasteiger partial charge in [-0.1, -0.05) is 42.5 Å². The van der Waals surface area contributed by atoms with Crippen LogP contribution in [0.5, 0.6) is 0 Å². The van der Waals surface area contributed by atoms with E-state index in [-0.39, 0.29) is 0 Å². The molecule has 0 unspecified atom stereocenters. The van der Waals surface area contributed by atoms with Crippen molar-refractivity contribution in [2.75, 3.05) is 18.5 Å². The van der Waals surface area contributed by atoms with E-state index >= 15 is 0 Å². The second-order valence-electron chi connectivity index (χ2n) is 5.98. The van der Waals surface area contributed by atoms with Gasteiger partial charge < -0.3 is 10.2 Å². The van der Waals surface area contributed by atoms with Gasteiger partial charge in [0, 0.05) is 31.9 Å². The predicted molar refractivity (Wildman–Crippen MR) is 89.7 cm³/mol. The first kappa shape index (κ1) is 14.2. The molecule has 2 heteroatoms. The molecule has 1 fully saturated rings. The molecule has 0 amide bonds. The Hall–Kier alpha value is -1.80. The minimum absolute atomic E-state index is 0.776. The third kappa shape index (κ3) is 4.33. The second-order valence-corrected chi connectivity index (χ2v) is 5.98. The molecule has 110 valence electrons. The zero-order valence-electron chi connectivity index (χ0n) is 12.8. The Morgan fingerprint density at radius 2 is 1.67 bits per heavy atom. The maximum absolute atomic E-state index is 3.55. The summed E-state index contributed by atoms with van der Waals surface area (Å²) in [5.41, 5.74) is 4.07. The Balaban J connectivity index is 1.50. The van der Waals surface area contributed by atoms with Crippen LogP contribution in [-0.2, 0) is 13.0 Å². The van der Waals surface area contributed by atoms with Gasteiger partial charge in [0.05, 0.1) is 0 Å². The normalized spacial score (nSPS) is 14.1. The Morgan fingerprint density at radius 1 is 0.952 bits per heavy atom. The zero-order chi connectivity index (χ0) is 14.5. The lowest BCUT2D eigenvalue weighted by Crippen LogP contribution is -2.20. The van der Waals surface area contributed by atoms with E-state index in [1.165, 1.54) is 29.7 Å². The number of hydrogen-bond acceptors (Lipinski definition) is 2. The SMILES string of the molecule is CN(CCc1ccccc1)c1ccc(CNC2CC2)cc1. The van der Waals surface area contributed by atoms with Gasteiger partial charge in [-0.2, -0.15) is 0 Å². The summed E-state index contributed by atoms with van der Waals surface area (Å²) in [5, 5.41) is 3.55. The van der Waals surface area contributed by atoms with Gasteiger partial charge in [-0.25, -0.2) is 0 Å². The summed E-state index contributed by atoms with van der Waals surface area (Å²) < 4.78 is 0. The van der Waals surface area contributed by atoms with Crippen LogP contribution in [0.2, 0.25) is 0 Å². The van der Waals surface area contributed by atoms with Crippen LogP contribution < -0.4 is 10.2 Å². The molecule has 1 N–H and O–H groups in total. The molecule has 2 nitrogen and oxygen atoms in total. The van der Waals surface area contributed by atoms with Crippen molar-refractivity contribution in [2.45, 2.75) is 31.8 Å². The molecule has 0 heterocycles. The van der Waals surface area contributed by atoms with Crippen LogP contribution in [0.4, 0.5) is 5.69 Å². The first-order valence-corrected chi connectivity index (χ1v) is 7.88. The summed E-state index contributed by atoms with van der Waals surface area (Å²) in [6.07, 6.45) is 3.78. The number of anilines is 1. The molecule has 1 aliphatic rings. The molecule has 1 saturated carbocycles.